The maximum atomic E-state index is 13.5. The summed E-state index contributed by atoms with van der Waals surface area (Å²) >= 11 is 0. The number of carbonyl (C=O) groups excluding carboxylic acids is 3. The van der Waals surface area contributed by atoms with Crippen LogP contribution in [-0.4, -0.2) is 24.4 Å². The lowest BCUT2D eigenvalue weighted by Crippen LogP contribution is -2.18. The molecule has 0 heterocycles. The van der Waals surface area contributed by atoms with Gasteiger partial charge in [-0.15, -0.1) is 0 Å². The number of halogens is 2. The lowest BCUT2D eigenvalue weighted by molar-refractivity contribution is -0.144. The number of nitrogens with one attached hydrogen (secondary N) is 1. The van der Waals surface area contributed by atoms with Crippen LogP contribution >= 0.6 is 0 Å². The Bertz CT molecular complexity index is 576. The van der Waals surface area contributed by atoms with Gasteiger partial charge in [0.25, 0.3) is 5.91 Å². The van der Waals surface area contributed by atoms with Crippen molar-refractivity contribution in [3.63, 3.8) is 0 Å². The lowest BCUT2D eigenvalue weighted by atomic mass is 10.1. The Hall–Kier alpha value is -2.51. The number of benzene rings is 1. The van der Waals surface area contributed by atoms with Crippen LogP contribution in [0.25, 0.3) is 0 Å². The smallest absolute Gasteiger partial charge is 0.306 e. The van der Waals surface area contributed by atoms with Gasteiger partial charge in [0.05, 0.1) is 24.3 Å². The van der Waals surface area contributed by atoms with E-state index in [-0.39, 0.29) is 25.1 Å². The summed E-state index contributed by atoms with van der Waals surface area (Å²) in [6, 6.07) is 1.25. The van der Waals surface area contributed by atoms with Gasteiger partial charge in [-0.05, 0) is 13.0 Å². The summed E-state index contributed by atoms with van der Waals surface area (Å²) in [7, 11) is 0. The predicted molar refractivity (Wildman–Crippen MR) is 69.4 cm³/mol. The van der Waals surface area contributed by atoms with Crippen molar-refractivity contribution in [3.05, 3.63) is 29.3 Å². The molecule has 0 aliphatic rings. The third kappa shape index (κ3) is 4.83. The molecule has 0 atom stereocenters. The van der Waals surface area contributed by atoms with Crippen LogP contribution in [0.5, 0.6) is 0 Å². The molecule has 114 valence electrons. The van der Waals surface area contributed by atoms with E-state index in [1.54, 1.807) is 6.92 Å². The molecule has 0 aliphatic carbocycles. The highest BCUT2D eigenvalue weighted by Gasteiger charge is 2.16. The molecule has 0 aromatic heterocycles. The molecule has 1 aromatic rings. The predicted octanol–water partition coefficient (Wildman–Crippen LogP) is 1.35. The highest BCUT2D eigenvalue weighted by atomic mass is 19.1. The summed E-state index contributed by atoms with van der Waals surface area (Å²) in [5, 5.41) is 2.13. The molecule has 1 aromatic carbocycles. The Kier molecular flexibility index (Phi) is 5.77. The molecule has 2 amide bonds. The molecule has 0 fully saturated rings. The minimum absolute atomic E-state index is 0.175. The van der Waals surface area contributed by atoms with Crippen molar-refractivity contribution >= 4 is 23.5 Å². The fourth-order valence-corrected chi connectivity index (χ4v) is 1.50. The van der Waals surface area contributed by atoms with Gasteiger partial charge in [0, 0.05) is 12.5 Å². The minimum Gasteiger partial charge on any atom is -0.466 e. The van der Waals surface area contributed by atoms with Crippen LogP contribution in [0.1, 0.15) is 30.1 Å². The molecule has 0 saturated heterocycles. The van der Waals surface area contributed by atoms with Crippen molar-refractivity contribution in [1.29, 1.82) is 0 Å². The maximum Gasteiger partial charge on any atom is 0.306 e. The van der Waals surface area contributed by atoms with Gasteiger partial charge in [-0.3, -0.25) is 14.4 Å². The number of hydrogen-bond acceptors (Lipinski definition) is 4. The number of hydrogen-bond donors (Lipinski definition) is 2. The van der Waals surface area contributed by atoms with Crippen LogP contribution in [0.15, 0.2) is 12.1 Å². The first kappa shape index (κ1) is 16.5. The number of amides is 2. The van der Waals surface area contributed by atoms with E-state index in [1.807, 2.05) is 0 Å². The quantitative estimate of drug-likeness (QED) is 0.775. The van der Waals surface area contributed by atoms with Gasteiger partial charge in [-0.1, -0.05) is 0 Å². The standard InChI is InChI=1S/C13H14F2N2O4/c1-2-21-12(19)4-3-11(18)17-10-5-7(13(16)20)8(14)6-9(10)15/h5-6H,2-4H2,1H3,(H2,16,20)(H,17,18). The Morgan fingerprint density at radius 2 is 1.86 bits per heavy atom. The zero-order chi connectivity index (χ0) is 16.0. The second-order valence-corrected chi connectivity index (χ2v) is 4.03. The normalized spacial score (nSPS) is 10.0. The molecule has 0 radical (unpaired) electrons. The SMILES string of the molecule is CCOC(=O)CCC(=O)Nc1cc(C(N)=O)c(F)cc1F. The van der Waals surface area contributed by atoms with E-state index in [4.69, 9.17) is 5.73 Å². The molecule has 21 heavy (non-hydrogen) atoms. The Labute approximate surface area is 119 Å². The first-order valence-electron chi connectivity index (χ1n) is 6.09. The highest BCUT2D eigenvalue weighted by molar-refractivity contribution is 5.97. The summed E-state index contributed by atoms with van der Waals surface area (Å²) in [6.07, 6.45) is -0.410. The van der Waals surface area contributed by atoms with Crippen LogP contribution in [-0.2, 0) is 14.3 Å². The Morgan fingerprint density at radius 1 is 1.19 bits per heavy atom. The monoisotopic (exact) mass is 300 g/mol. The van der Waals surface area contributed by atoms with E-state index in [0.717, 1.165) is 6.07 Å². The lowest BCUT2D eigenvalue weighted by Gasteiger charge is -2.08. The Morgan fingerprint density at radius 3 is 2.43 bits per heavy atom. The summed E-state index contributed by atoms with van der Waals surface area (Å²) in [5.41, 5.74) is 3.99. The Balaban J connectivity index is 2.74. The van der Waals surface area contributed by atoms with Crippen LogP contribution < -0.4 is 11.1 Å². The zero-order valence-corrected chi connectivity index (χ0v) is 11.2. The number of anilines is 1. The molecule has 0 unspecified atom stereocenters. The third-order valence-electron chi connectivity index (χ3n) is 2.46. The van der Waals surface area contributed by atoms with Crippen molar-refractivity contribution in [2.45, 2.75) is 19.8 Å². The first-order valence-corrected chi connectivity index (χ1v) is 6.09. The fourth-order valence-electron chi connectivity index (χ4n) is 1.50. The van der Waals surface area contributed by atoms with E-state index in [9.17, 15) is 23.2 Å². The first-order chi connectivity index (χ1) is 9.85. The molecule has 0 bridgehead atoms. The number of rotatable bonds is 6. The van der Waals surface area contributed by atoms with Crippen LogP contribution in [0, 0.1) is 11.6 Å². The van der Waals surface area contributed by atoms with Gasteiger partial charge in [0.15, 0.2) is 0 Å². The molecule has 3 N–H and O–H groups in total. The average Bonchev–Trinajstić information content (AvgIpc) is 2.39. The van der Waals surface area contributed by atoms with Gasteiger partial charge in [-0.25, -0.2) is 8.78 Å². The minimum atomic E-state index is -1.12. The van der Waals surface area contributed by atoms with Gasteiger partial charge < -0.3 is 15.8 Å². The van der Waals surface area contributed by atoms with Crippen LogP contribution in [0.3, 0.4) is 0 Å². The van der Waals surface area contributed by atoms with E-state index in [1.165, 1.54) is 0 Å². The molecular weight excluding hydrogens is 286 g/mol. The van der Waals surface area contributed by atoms with E-state index >= 15 is 0 Å². The van der Waals surface area contributed by atoms with Gasteiger partial charge in [-0.2, -0.15) is 0 Å². The molecular formula is C13H14F2N2O4. The highest BCUT2D eigenvalue weighted by Crippen LogP contribution is 2.19. The molecule has 0 aliphatic heterocycles. The van der Waals surface area contributed by atoms with E-state index in [2.05, 4.69) is 10.1 Å². The number of esters is 1. The van der Waals surface area contributed by atoms with Crippen molar-refractivity contribution < 1.29 is 27.9 Å². The number of carbonyl (C=O) groups is 3. The summed E-state index contributed by atoms with van der Waals surface area (Å²) < 4.78 is 31.3. The number of ether oxygens (including phenoxy) is 1. The largest absolute Gasteiger partial charge is 0.466 e. The number of primary amides is 1. The molecule has 8 heteroatoms. The molecule has 1 rings (SSSR count). The van der Waals surface area contributed by atoms with Gasteiger partial charge in [0.2, 0.25) is 5.91 Å². The van der Waals surface area contributed by atoms with Gasteiger partial charge in [0.1, 0.15) is 11.6 Å². The molecule has 6 nitrogen and oxygen atoms in total. The van der Waals surface area contributed by atoms with Crippen molar-refractivity contribution in [2.24, 2.45) is 5.73 Å². The maximum absolute atomic E-state index is 13.5. The number of nitrogens with two attached hydrogens (primary N) is 1. The summed E-state index contributed by atoms with van der Waals surface area (Å²) in [4.78, 5) is 33.6. The summed E-state index contributed by atoms with van der Waals surface area (Å²) in [6.45, 7) is 1.81. The van der Waals surface area contributed by atoms with Crippen molar-refractivity contribution in [1.82, 2.24) is 0 Å². The fraction of sp³-hybridized carbons (Fsp3) is 0.308. The van der Waals surface area contributed by atoms with E-state index < -0.39 is 35.0 Å². The zero-order valence-electron chi connectivity index (χ0n) is 11.2. The van der Waals surface area contributed by atoms with Gasteiger partial charge >= 0.3 is 5.97 Å². The van der Waals surface area contributed by atoms with E-state index in [0.29, 0.717) is 6.07 Å². The van der Waals surface area contributed by atoms with Crippen molar-refractivity contribution in [2.75, 3.05) is 11.9 Å². The molecule has 0 saturated carbocycles. The van der Waals surface area contributed by atoms with Crippen LogP contribution in [0.4, 0.5) is 14.5 Å². The second-order valence-electron chi connectivity index (χ2n) is 4.03. The van der Waals surface area contributed by atoms with Crippen molar-refractivity contribution in [3.8, 4) is 0 Å². The molecule has 0 spiro atoms. The summed E-state index contributed by atoms with van der Waals surface area (Å²) in [5.74, 6) is -4.50. The second kappa shape index (κ2) is 7.32. The topological polar surface area (TPSA) is 98.5 Å². The average molecular weight is 300 g/mol. The van der Waals surface area contributed by atoms with Crippen LogP contribution in [0.2, 0.25) is 0 Å². The third-order valence-corrected chi connectivity index (χ3v) is 2.46.